The van der Waals surface area contributed by atoms with E-state index in [2.05, 4.69) is 17.4 Å². The van der Waals surface area contributed by atoms with Crippen molar-refractivity contribution in [1.29, 1.82) is 0 Å². The number of carbonyl (C=O) groups excluding carboxylic acids is 2. The first kappa shape index (κ1) is 27.3. The van der Waals surface area contributed by atoms with E-state index >= 15 is 0 Å². The van der Waals surface area contributed by atoms with Crippen molar-refractivity contribution >= 4 is 35.2 Å². The van der Waals surface area contributed by atoms with E-state index in [4.69, 9.17) is 11.6 Å². The van der Waals surface area contributed by atoms with Crippen LogP contribution in [-0.4, -0.2) is 34.6 Å². The van der Waals surface area contributed by atoms with E-state index in [9.17, 15) is 9.59 Å². The van der Waals surface area contributed by atoms with Crippen molar-refractivity contribution in [2.24, 2.45) is 0 Å². The molecule has 3 aromatic rings. The number of carbonyl (C=O) groups is 2. The van der Waals surface area contributed by atoms with E-state index in [1.54, 1.807) is 4.90 Å². The molecule has 0 radical (unpaired) electrons. The first-order valence-corrected chi connectivity index (χ1v) is 14.5. The standard InChI is InChI=1S/C31H35ClN2O2S/c1-23-15-17-25(18-16-23)20-34(30(35)22-37-21-26-11-5-8-14-28(26)32)29(19-24-9-3-2-4-10-24)31(36)33-27-12-6-7-13-27/h2-5,8-11,14-18,27,29H,6-7,12-13,19-22H2,1H3,(H,33,36)/t29-/m0/s1. The monoisotopic (exact) mass is 534 g/mol. The first-order valence-electron chi connectivity index (χ1n) is 13.0. The highest BCUT2D eigenvalue weighted by Gasteiger charge is 2.32. The predicted molar refractivity (Wildman–Crippen MR) is 154 cm³/mol. The van der Waals surface area contributed by atoms with Crippen molar-refractivity contribution < 1.29 is 9.59 Å². The third-order valence-electron chi connectivity index (χ3n) is 6.89. The van der Waals surface area contributed by atoms with Gasteiger partial charge in [0.2, 0.25) is 11.8 Å². The molecule has 194 valence electrons. The molecule has 0 aromatic heterocycles. The summed E-state index contributed by atoms with van der Waals surface area (Å²) in [5, 5.41) is 3.97. The molecule has 1 aliphatic rings. The number of rotatable bonds is 11. The van der Waals surface area contributed by atoms with Crippen LogP contribution >= 0.6 is 23.4 Å². The fraction of sp³-hybridized carbons (Fsp3) is 0.355. The zero-order valence-electron chi connectivity index (χ0n) is 21.4. The second kappa shape index (κ2) is 13.7. The Morgan fingerprint density at radius 2 is 1.62 bits per heavy atom. The Kier molecular flexibility index (Phi) is 10.1. The SMILES string of the molecule is Cc1ccc(CN(C(=O)CSCc2ccccc2Cl)[C@@H](Cc2ccccc2)C(=O)NC2CCCC2)cc1. The third-order valence-corrected chi connectivity index (χ3v) is 8.22. The Balaban J connectivity index is 1.56. The van der Waals surface area contributed by atoms with Crippen LogP contribution in [0, 0.1) is 6.92 Å². The molecule has 3 aromatic carbocycles. The van der Waals surface area contributed by atoms with Crippen LogP contribution in [0.25, 0.3) is 0 Å². The van der Waals surface area contributed by atoms with E-state index in [1.165, 1.54) is 11.8 Å². The largest absolute Gasteiger partial charge is 0.352 e. The molecule has 0 bridgehead atoms. The topological polar surface area (TPSA) is 49.4 Å². The Hall–Kier alpha value is -2.76. The number of nitrogens with zero attached hydrogens (tertiary/aromatic N) is 1. The minimum Gasteiger partial charge on any atom is -0.352 e. The highest BCUT2D eigenvalue weighted by Crippen LogP contribution is 2.23. The summed E-state index contributed by atoms with van der Waals surface area (Å²) in [5.74, 6) is 0.813. The molecule has 1 fully saturated rings. The van der Waals surface area contributed by atoms with Gasteiger partial charge < -0.3 is 10.2 Å². The van der Waals surface area contributed by atoms with Crippen LogP contribution in [0.4, 0.5) is 0 Å². The van der Waals surface area contributed by atoms with E-state index in [0.717, 1.165) is 47.9 Å². The Bertz CT molecular complexity index is 1160. The van der Waals surface area contributed by atoms with Gasteiger partial charge in [-0.05, 0) is 42.5 Å². The summed E-state index contributed by atoms with van der Waals surface area (Å²) < 4.78 is 0. The zero-order valence-corrected chi connectivity index (χ0v) is 22.9. The molecule has 6 heteroatoms. The van der Waals surface area contributed by atoms with Crippen LogP contribution in [0.2, 0.25) is 5.02 Å². The van der Waals surface area contributed by atoms with Crippen molar-refractivity contribution in [3.8, 4) is 0 Å². The smallest absolute Gasteiger partial charge is 0.243 e. The van der Waals surface area contributed by atoms with Crippen LogP contribution < -0.4 is 5.32 Å². The number of aryl methyl sites for hydroxylation is 1. The highest BCUT2D eigenvalue weighted by atomic mass is 35.5. The summed E-state index contributed by atoms with van der Waals surface area (Å²) >= 11 is 7.85. The molecule has 0 heterocycles. The van der Waals surface area contributed by atoms with Gasteiger partial charge in [0.1, 0.15) is 6.04 Å². The molecule has 1 atom stereocenters. The van der Waals surface area contributed by atoms with E-state index in [-0.39, 0.29) is 23.6 Å². The van der Waals surface area contributed by atoms with E-state index < -0.39 is 6.04 Å². The van der Waals surface area contributed by atoms with Crippen molar-refractivity contribution in [2.75, 3.05) is 5.75 Å². The highest BCUT2D eigenvalue weighted by molar-refractivity contribution is 7.99. The van der Waals surface area contributed by atoms with Gasteiger partial charge in [0, 0.05) is 29.8 Å². The molecular weight excluding hydrogens is 500 g/mol. The van der Waals surface area contributed by atoms with Gasteiger partial charge in [-0.3, -0.25) is 9.59 Å². The molecule has 0 aliphatic heterocycles. The lowest BCUT2D eigenvalue weighted by atomic mass is 10.0. The van der Waals surface area contributed by atoms with Gasteiger partial charge in [-0.15, -0.1) is 11.8 Å². The number of hydrogen-bond acceptors (Lipinski definition) is 3. The van der Waals surface area contributed by atoms with Crippen LogP contribution in [0.3, 0.4) is 0 Å². The minimum absolute atomic E-state index is 0.0415. The number of hydrogen-bond donors (Lipinski definition) is 1. The normalized spacial score (nSPS) is 14.3. The second-order valence-electron chi connectivity index (χ2n) is 9.79. The summed E-state index contributed by atoms with van der Waals surface area (Å²) in [5.41, 5.74) is 4.23. The lowest BCUT2D eigenvalue weighted by molar-refractivity contribution is -0.139. The molecule has 1 aliphatic carbocycles. The van der Waals surface area contributed by atoms with Gasteiger partial charge in [0.05, 0.1) is 5.75 Å². The molecule has 0 spiro atoms. The van der Waals surface area contributed by atoms with Gasteiger partial charge >= 0.3 is 0 Å². The van der Waals surface area contributed by atoms with Crippen LogP contribution in [0.15, 0.2) is 78.9 Å². The van der Waals surface area contributed by atoms with Gasteiger partial charge in [-0.1, -0.05) is 103 Å². The Morgan fingerprint density at radius 3 is 2.32 bits per heavy atom. The number of thioether (sulfide) groups is 1. The Labute approximate surface area is 229 Å². The average Bonchev–Trinajstić information content (AvgIpc) is 3.42. The molecule has 2 amide bonds. The van der Waals surface area contributed by atoms with Crippen molar-refractivity contribution in [2.45, 2.75) is 63.4 Å². The zero-order chi connectivity index (χ0) is 26.0. The summed E-state index contributed by atoms with van der Waals surface area (Å²) in [6.07, 6.45) is 4.76. The van der Waals surface area contributed by atoms with Gasteiger partial charge in [0.15, 0.2) is 0 Å². The van der Waals surface area contributed by atoms with Crippen LogP contribution in [-0.2, 0) is 28.3 Å². The molecule has 1 N–H and O–H groups in total. The molecule has 0 unspecified atom stereocenters. The lowest BCUT2D eigenvalue weighted by Gasteiger charge is -2.32. The number of nitrogens with one attached hydrogen (secondary N) is 1. The van der Waals surface area contributed by atoms with Gasteiger partial charge in [-0.2, -0.15) is 0 Å². The molecule has 0 saturated heterocycles. The van der Waals surface area contributed by atoms with Crippen molar-refractivity contribution in [3.05, 3.63) is 106 Å². The fourth-order valence-corrected chi connectivity index (χ4v) is 5.95. The lowest BCUT2D eigenvalue weighted by Crippen LogP contribution is -2.52. The third kappa shape index (κ3) is 8.11. The maximum Gasteiger partial charge on any atom is 0.243 e. The molecular formula is C31H35ClN2O2S. The quantitative estimate of drug-likeness (QED) is 0.302. The molecule has 37 heavy (non-hydrogen) atoms. The van der Waals surface area contributed by atoms with Crippen LogP contribution in [0.1, 0.15) is 47.9 Å². The van der Waals surface area contributed by atoms with Crippen molar-refractivity contribution in [1.82, 2.24) is 10.2 Å². The fourth-order valence-electron chi connectivity index (χ4n) is 4.76. The predicted octanol–water partition coefficient (Wildman–Crippen LogP) is 6.58. The summed E-state index contributed by atoms with van der Waals surface area (Å²) in [6, 6.07) is 25.5. The minimum atomic E-state index is -0.585. The van der Waals surface area contributed by atoms with Crippen molar-refractivity contribution in [3.63, 3.8) is 0 Å². The van der Waals surface area contributed by atoms with E-state index in [0.29, 0.717) is 23.7 Å². The Morgan fingerprint density at radius 1 is 0.946 bits per heavy atom. The maximum atomic E-state index is 13.8. The van der Waals surface area contributed by atoms with Gasteiger partial charge in [0.25, 0.3) is 0 Å². The number of benzene rings is 3. The average molecular weight is 535 g/mol. The number of amides is 2. The van der Waals surface area contributed by atoms with Crippen LogP contribution in [0.5, 0.6) is 0 Å². The summed E-state index contributed by atoms with van der Waals surface area (Å²) in [7, 11) is 0. The molecule has 1 saturated carbocycles. The summed E-state index contributed by atoms with van der Waals surface area (Å²) in [6.45, 7) is 2.44. The summed E-state index contributed by atoms with van der Waals surface area (Å²) in [4.78, 5) is 29.2. The number of halogens is 1. The second-order valence-corrected chi connectivity index (χ2v) is 11.2. The maximum absolute atomic E-state index is 13.8. The van der Waals surface area contributed by atoms with Gasteiger partial charge in [-0.25, -0.2) is 0 Å². The molecule has 4 rings (SSSR count). The first-order chi connectivity index (χ1) is 18.0. The van der Waals surface area contributed by atoms with E-state index in [1.807, 2.05) is 73.7 Å². The molecule has 4 nitrogen and oxygen atoms in total.